The quantitative estimate of drug-likeness (QED) is 0.528. The minimum absolute atomic E-state index is 0.0143. The zero-order valence-corrected chi connectivity index (χ0v) is 16.3. The third-order valence-corrected chi connectivity index (χ3v) is 6.71. The van der Waals surface area contributed by atoms with Crippen LogP contribution in [0.2, 0.25) is 0 Å². The Bertz CT molecular complexity index is 1340. The molecule has 150 valence electrons. The molecule has 2 heterocycles. The van der Waals surface area contributed by atoms with Crippen LogP contribution in [0.25, 0.3) is 33.5 Å². The van der Waals surface area contributed by atoms with Crippen molar-refractivity contribution in [2.75, 3.05) is 5.73 Å². The fourth-order valence-corrected chi connectivity index (χ4v) is 4.26. The van der Waals surface area contributed by atoms with Gasteiger partial charge < -0.3 is 10.7 Å². The minimum Gasteiger partial charge on any atom is -0.368 e. The Morgan fingerprint density at radius 3 is 2.66 bits per heavy atom. The van der Waals surface area contributed by atoms with Crippen molar-refractivity contribution in [2.45, 2.75) is 19.1 Å². The lowest BCUT2D eigenvalue weighted by Gasteiger charge is -2.11. The third kappa shape index (κ3) is 2.96. The molecule has 0 unspecified atom stereocenters. The van der Waals surface area contributed by atoms with Crippen molar-refractivity contribution in [1.29, 1.82) is 0 Å². The predicted octanol–water partition coefficient (Wildman–Crippen LogP) is 3.54. The van der Waals surface area contributed by atoms with E-state index in [1.807, 2.05) is 0 Å². The van der Waals surface area contributed by atoms with Gasteiger partial charge in [0.25, 0.3) is 0 Å². The lowest BCUT2D eigenvalue weighted by molar-refractivity contribution is 0.511. The van der Waals surface area contributed by atoms with Crippen LogP contribution in [0.1, 0.15) is 13.8 Å². The van der Waals surface area contributed by atoms with Crippen LogP contribution in [0.4, 0.5) is 14.7 Å². The molecule has 0 saturated carbocycles. The lowest BCUT2D eigenvalue weighted by atomic mass is 10.0. The number of nitrogens with two attached hydrogens (primary N) is 1. The van der Waals surface area contributed by atoms with Gasteiger partial charge in [-0.2, -0.15) is 0 Å². The molecule has 0 bridgehead atoms. The SMILES string of the molecule is CC(C)S(=O)(=O)n1c(N)nc2ccc(-c3nc[nH]c3-c3cccc(F)c3F)cc21. The summed E-state index contributed by atoms with van der Waals surface area (Å²) < 4.78 is 54.4. The number of hydrogen-bond acceptors (Lipinski definition) is 5. The minimum atomic E-state index is -3.76. The first-order chi connectivity index (χ1) is 13.7. The molecule has 4 aromatic rings. The van der Waals surface area contributed by atoms with Crippen LogP contribution in [0.3, 0.4) is 0 Å². The van der Waals surface area contributed by atoms with Gasteiger partial charge in [0, 0.05) is 11.1 Å². The summed E-state index contributed by atoms with van der Waals surface area (Å²) in [4.78, 5) is 11.2. The van der Waals surface area contributed by atoms with Gasteiger partial charge >= 0.3 is 0 Å². The van der Waals surface area contributed by atoms with Crippen LogP contribution in [0.15, 0.2) is 42.7 Å². The number of fused-ring (bicyclic) bond motifs is 1. The monoisotopic (exact) mass is 417 g/mol. The maximum absolute atomic E-state index is 14.3. The van der Waals surface area contributed by atoms with E-state index < -0.39 is 26.9 Å². The van der Waals surface area contributed by atoms with Crippen molar-refractivity contribution in [2.24, 2.45) is 0 Å². The van der Waals surface area contributed by atoms with Crippen LogP contribution < -0.4 is 5.73 Å². The summed E-state index contributed by atoms with van der Waals surface area (Å²) in [7, 11) is -3.76. The molecule has 0 spiro atoms. The van der Waals surface area contributed by atoms with Crippen LogP contribution in [0.5, 0.6) is 0 Å². The van der Waals surface area contributed by atoms with Crippen LogP contribution in [-0.4, -0.2) is 32.6 Å². The number of nitrogens with one attached hydrogen (secondary N) is 1. The first-order valence-electron chi connectivity index (χ1n) is 8.72. The molecule has 0 aliphatic rings. The largest absolute Gasteiger partial charge is 0.368 e. The van der Waals surface area contributed by atoms with Gasteiger partial charge in [-0.25, -0.2) is 31.1 Å². The van der Waals surface area contributed by atoms with Gasteiger partial charge in [-0.1, -0.05) is 12.1 Å². The number of nitrogens with zero attached hydrogens (tertiary/aromatic N) is 3. The van der Waals surface area contributed by atoms with E-state index >= 15 is 0 Å². The van der Waals surface area contributed by atoms with Gasteiger partial charge in [-0.05, 0) is 38.1 Å². The molecular weight excluding hydrogens is 400 g/mol. The number of halogens is 2. The summed E-state index contributed by atoms with van der Waals surface area (Å²) in [5.41, 5.74) is 7.66. The lowest BCUT2D eigenvalue weighted by Crippen LogP contribution is -2.23. The Labute approximate surface area is 165 Å². The molecule has 0 fully saturated rings. The fourth-order valence-electron chi connectivity index (χ4n) is 3.11. The van der Waals surface area contributed by atoms with Crippen molar-refractivity contribution in [3.63, 3.8) is 0 Å². The molecule has 3 N–H and O–H groups in total. The topological polar surface area (TPSA) is 107 Å². The van der Waals surface area contributed by atoms with E-state index in [-0.39, 0.29) is 22.7 Å². The van der Waals surface area contributed by atoms with Gasteiger partial charge in [-0.3, -0.25) is 0 Å². The molecule has 0 saturated heterocycles. The van der Waals surface area contributed by atoms with Crippen molar-refractivity contribution in [1.82, 2.24) is 18.9 Å². The molecule has 7 nitrogen and oxygen atoms in total. The normalized spacial score (nSPS) is 12.2. The number of benzene rings is 2. The Hall–Kier alpha value is -3.27. The summed E-state index contributed by atoms with van der Waals surface area (Å²) >= 11 is 0. The molecule has 4 rings (SSSR count). The highest BCUT2D eigenvalue weighted by molar-refractivity contribution is 7.90. The van der Waals surface area contributed by atoms with E-state index in [2.05, 4.69) is 15.0 Å². The molecule has 10 heteroatoms. The highest BCUT2D eigenvalue weighted by Gasteiger charge is 2.25. The summed E-state index contributed by atoms with van der Waals surface area (Å²) in [5.74, 6) is -2.13. The number of aromatic amines is 1. The van der Waals surface area contributed by atoms with E-state index in [1.54, 1.807) is 32.0 Å². The average molecular weight is 417 g/mol. The molecule has 0 radical (unpaired) electrons. The Morgan fingerprint density at radius 1 is 1.17 bits per heavy atom. The Balaban J connectivity index is 1.94. The first kappa shape index (κ1) is 19.1. The molecule has 0 aliphatic heterocycles. The second kappa shape index (κ2) is 6.66. The molecule has 29 heavy (non-hydrogen) atoms. The van der Waals surface area contributed by atoms with E-state index in [0.717, 1.165) is 10.0 Å². The first-order valence-corrected chi connectivity index (χ1v) is 10.2. The van der Waals surface area contributed by atoms with Crippen molar-refractivity contribution < 1.29 is 17.2 Å². The zero-order valence-electron chi connectivity index (χ0n) is 15.5. The van der Waals surface area contributed by atoms with Crippen LogP contribution in [0, 0.1) is 11.6 Å². The number of hydrogen-bond donors (Lipinski definition) is 2. The molecule has 0 amide bonds. The Kier molecular flexibility index (Phi) is 4.38. The number of imidazole rings is 2. The van der Waals surface area contributed by atoms with E-state index in [1.165, 1.54) is 18.5 Å². The van der Waals surface area contributed by atoms with E-state index in [0.29, 0.717) is 16.8 Å². The summed E-state index contributed by atoms with van der Waals surface area (Å²) in [6, 6.07) is 8.69. The molecule has 2 aromatic heterocycles. The molecule has 2 aromatic carbocycles. The van der Waals surface area contributed by atoms with Crippen LogP contribution >= 0.6 is 0 Å². The highest BCUT2D eigenvalue weighted by Crippen LogP contribution is 2.33. The van der Waals surface area contributed by atoms with Gasteiger partial charge in [0.05, 0.1) is 34.0 Å². The van der Waals surface area contributed by atoms with Gasteiger partial charge in [0.15, 0.2) is 11.6 Å². The number of anilines is 1. The second-order valence-corrected chi connectivity index (χ2v) is 9.10. The number of nitrogen functional groups attached to an aromatic ring is 1. The van der Waals surface area contributed by atoms with Crippen molar-refractivity contribution in [3.05, 3.63) is 54.4 Å². The maximum Gasteiger partial charge on any atom is 0.244 e. The summed E-state index contributed by atoms with van der Waals surface area (Å²) in [6.07, 6.45) is 1.36. The predicted molar refractivity (Wildman–Crippen MR) is 107 cm³/mol. The average Bonchev–Trinajstić information content (AvgIpc) is 3.27. The van der Waals surface area contributed by atoms with Gasteiger partial charge in [-0.15, -0.1) is 0 Å². The summed E-state index contributed by atoms with van der Waals surface area (Å²) in [5, 5.41) is -0.715. The number of H-pyrrole nitrogens is 1. The van der Waals surface area contributed by atoms with E-state index in [9.17, 15) is 17.2 Å². The third-order valence-electron chi connectivity index (χ3n) is 4.62. The fraction of sp³-hybridized carbons (Fsp3) is 0.158. The highest BCUT2D eigenvalue weighted by atomic mass is 32.2. The van der Waals surface area contributed by atoms with Gasteiger partial charge in [0.2, 0.25) is 16.0 Å². The van der Waals surface area contributed by atoms with Crippen molar-refractivity contribution >= 4 is 27.0 Å². The van der Waals surface area contributed by atoms with Crippen LogP contribution in [-0.2, 0) is 10.0 Å². The maximum atomic E-state index is 14.3. The molecule has 0 atom stereocenters. The zero-order chi connectivity index (χ0) is 20.9. The van der Waals surface area contributed by atoms with Crippen molar-refractivity contribution in [3.8, 4) is 22.5 Å². The Morgan fingerprint density at radius 2 is 1.93 bits per heavy atom. The second-order valence-electron chi connectivity index (χ2n) is 6.76. The standard InChI is InChI=1S/C19H17F2N5O2S/c1-10(2)29(27,28)26-15-8-11(6-7-14(15)25-19(26)22)17-18(24-9-23-17)12-4-3-5-13(20)16(12)21/h3-10H,1-2H3,(H2,22,25)(H,23,24). The molecule has 0 aliphatic carbocycles. The van der Waals surface area contributed by atoms with Gasteiger partial charge in [0.1, 0.15) is 0 Å². The smallest absolute Gasteiger partial charge is 0.244 e. The van der Waals surface area contributed by atoms with E-state index in [4.69, 9.17) is 5.73 Å². The molecular formula is C19H17F2N5O2S. The number of rotatable bonds is 4. The number of aromatic nitrogens is 4. The summed E-state index contributed by atoms with van der Waals surface area (Å²) in [6.45, 7) is 3.09.